The van der Waals surface area contributed by atoms with Gasteiger partial charge in [0.15, 0.2) is 0 Å². The molecule has 1 fully saturated rings. The molecule has 1 aliphatic carbocycles. The van der Waals surface area contributed by atoms with E-state index in [1.807, 2.05) is 26.8 Å². The lowest BCUT2D eigenvalue weighted by Crippen LogP contribution is -2.03. The van der Waals surface area contributed by atoms with Crippen molar-refractivity contribution in [3.8, 4) is 0 Å². The maximum atomic E-state index is 13.2. The van der Waals surface area contributed by atoms with Crippen molar-refractivity contribution in [3.05, 3.63) is 35.1 Å². The fourth-order valence-electron chi connectivity index (χ4n) is 2.66. The van der Waals surface area contributed by atoms with Crippen molar-refractivity contribution in [1.29, 1.82) is 0 Å². The Labute approximate surface area is 94.1 Å². The summed E-state index contributed by atoms with van der Waals surface area (Å²) in [6.07, 6.45) is 0. The van der Waals surface area contributed by atoms with Gasteiger partial charge in [0.2, 0.25) is 0 Å². The van der Waals surface area contributed by atoms with Crippen LogP contribution in [0.5, 0.6) is 0 Å². The molecule has 2 atom stereocenters. The first-order chi connectivity index (χ1) is 7.34. The van der Waals surface area contributed by atoms with Gasteiger partial charge in [0.05, 0.1) is 5.92 Å². The van der Waals surface area contributed by atoms with E-state index in [0.717, 1.165) is 11.1 Å². The van der Waals surface area contributed by atoms with Gasteiger partial charge in [-0.05, 0) is 35.6 Å². The van der Waals surface area contributed by atoms with Crippen molar-refractivity contribution in [2.75, 3.05) is 0 Å². The summed E-state index contributed by atoms with van der Waals surface area (Å²) >= 11 is 0. The summed E-state index contributed by atoms with van der Waals surface area (Å²) in [5.74, 6) is -1.55. The van der Waals surface area contributed by atoms with Crippen molar-refractivity contribution in [2.45, 2.75) is 26.7 Å². The summed E-state index contributed by atoms with van der Waals surface area (Å²) in [4.78, 5) is 11.0. The topological polar surface area (TPSA) is 37.3 Å². The number of halogens is 1. The Hall–Kier alpha value is -1.38. The van der Waals surface area contributed by atoms with Crippen LogP contribution >= 0.6 is 0 Å². The summed E-state index contributed by atoms with van der Waals surface area (Å²) in [7, 11) is 0. The summed E-state index contributed by atoms with van der Waals surface area (Å²) in [6, 6.07) is 4.77. The maximum Gasteiger partial charge on any atom is 0.307 e. The van der Waals surface area contributed by atoms with E-state index < -0.39 is 11.9 Å². The molecule has 3 heteroatoms. The molecule has 0 heterocycles. The van der Waals surface area contributed by atoms with Crippen LogP contribution in [0.4, 0.5) is 4.39 Å². The van der Waals surface area contributed by atoms with Crippen LogP contribution < -0.4 is 0 Å². The minimum Gasteiger partial charge on any atom is -0.481 e. The number of rotatable bonds is 2. The number of benzene rings is 1. The molecule has 1 N–H and O–H groups in total. The Morgan fingerprint density at radius 1 is 1.38 bits per heavy atom. The minimum atomic E-state index is -0.795. The molecule has 1 aliphatic rings. The standard InChI is InChI=1S/C13H15FO2/c1-7-4-8(6-9(14)5-7)10-11(12(15)16)13(10,2)3/h4-6,10-11H,1-3H3,(H,15,16). The maximum absolute atomic E-state index is 13.2. The van der Waals surface area contributed by atoms with E-state index in [4.69, 9.17) is 5.11 Å². The highest BCUT2D eigenvalue weighted by Gasteiger charge is 2.62. The number of carbonyl (C=O) groups is 1. The molecule has 0 bridgehead atoms. The first kappa shape index (κ1) is 11.1. The lowest BCUT2D eigenvalue weighted by molar-refractivity contribution is -0.139. The Morgan fingerprint density at radius 3 is 2.44 bits per heavy atom. The molecule has 2 unspecified atom stereocenters. The van der Waals surface area contributed by atoms with Gasteiger partial charge in [-0.1, -0.05) is 19.9 Å². The van der Waals surface area contributed by atoms with Crippen LogP contribution in [0.25, 0.3) is 0 Å². The molecule has 16 heavy (non-hydrogen) atoms. The molecule has 86 valence electrons. The van der Waals surface area contributed by atoms with Crippen molar-refractivity contribution >= 4 is 5.97 Å². The fourth-order valence-corrected chi connectivity index (χ4v) is 2.66. The summed E-state index contributed by atoms with van der Waals surface area (Å²) in [5, 5.41) is 9.07. The van der Waals surface area contributed by atoms with E-state index in [1.54, 1.807) is 0 Å². The summed E-state index contributed by atoms with van der Waals surface area (Å²) < 4.78 is 13.2. The van der Waals surface area contributed by atoms with Gasteiger partial charge in [-0.3, -0.25) is 4.79 Å². The van der Waals surface area contributed by atoms with E-state index in [1.165, 1.54) is 12.1 Å². The zero-order valence-electron chi connectivity index (χ0n) is 9.62. The smallest absolute Gasteiger partial charge is 0.307 e. The second kappa shape index (κ2) is 3.30. The van der Waals surface area contributed by atoms with Gasteiger partial charge >= 0.3 is 5.97 Å². The number of carboxylic acid groups (broad SMARTS) is 1. The Balaban J connectivity index is 2.37. The zero-order valence-corrected chi connectivity index (χ0v) is 9.62. The lowest BCUT2D eigenvalue weighted by Gasteiger charge is -2.04. The summed E-state index contributed by atoms with van der Waals surface area (Å²) in [5.41, 5.74) is 1.36. The van der Waals surface area contributed by atoms with Crippen LogP contribution in [0.1, 0.15) is 30.9 Å². The van der Waals surface area contributed by atoms with E-state index >= 15 is 0 Å². The largest absolute Gasteiger partial charge is 0.481 e. The number of aliphatic carboxylic acids is 1. The molecule has 0 radical (unpaired) electrons. The first-order valence-corrected chi connectivity index (χ1v) is 5.34. The van der Waals surface area contributed by atoms with E-state index in [2.05, 4.69) is 0 Å². The van der Waals surface area contributed by atoms with Crippen molar-refractivity contribution < 1.29 is 14.3 Å². The van der Waals surface area contributed by atoms with E-state index in [-0.39, 0.29) is 17.2 Å². The highest BCUT2D eigenvalue weighted by molar-refractivity contribution is 5.77. The van der Waals surface area contributed by atoms with Crippen LogP contribution in [0.3, 0.4) is 0 Å². The normalized spacial score (nSPS) is 26.5. The van der Waals surface area contributed by atoms with Crippen molar-refractivity contribution in [3.63, 3.8) is 0 Å². The average Bonchev–Trinajstić information content (AvgIpc) is 2.67. The molecule has 0 saturated heterocycles. The molecular formula is C13H15FO2. The van der Waals surface area contributed by atoms with E-state index in [9.17, 15) is 9.18 Å². The lowest BCUT2D eigenvalue weighted by atomic mass is 10.0. The van der Waals surface area contributed by atoms with Crippen molar-refractivity contribution in [1.82, 2.24) is 0 Å². The van der Waals surface area contributed by atoms with Gasteiger partial charge in [-0.15, -0.1) is 0 Å². The third-order valence-electron chi connectivity index (χ3n) is 3.52. The Kier molecular flexibility index (Phi) is 2.30. The van der Waals surface area contributed by atoms with Crippen molar-refractivity contribution in [2.24, 2.45) is 11.3 Å². The van der Waals surface area contributed by atoms with Gasteiger partial charge in [-0.2, -0.15) is 0 Å². The van der Waals surface area contributed by atoms with Crippen LogP contribution in [-0.2, 0) is 4.79 Å². The highest BCUT2D eigenvalue weighted by atomic mass is 19.1. The third-order valence-corrected chi connectivity index (χ3v) is 3.52. The predicted octanol–water partition coefficient (Wildman–Crippen LogP) is 2.96. The molecule has 0 aliphatic heterocycles. The van der Waals surface area contributed by atoms with Gasteiger partial charge < -0.3 is 5.11 Å². The second-order valence-electron chi connectivity index (χ2n) is 5.18. The first-order valence-electron chi connectivity index (χ1n) is 5.34. The SMILES string of the molecule is Cc1cc(F)cc(C2C(C(=O)O)C2(C)C)c1. The van der Waals surface area contributed by atoms with Gasteiger partial charge in [0, 0.05) is 5.92 Å². The Morgan fingerprint density at radius 2 is 2.00 bits per heavy atom. The molecule has 1 saturated carbocycles. The van der Waals surface area contributed by atoms with E-state index in [0.29, 0.717) is 0 Å². The Bertz CT molecular complexity index is 431. The number of hydrogen-bond acceptors (Lipinski definition) is 1. The average molecular weight is 222 g/mol. The van der Waals surface area contributed by atoms with Gasteiger partial charge in [0.1, 0.15) is 5.82 Å². The van der Waals surface area contributed by atoms with Gasteiger partial charge in [-0.25, -0.2) is 4.39 Å². The predicted molar refractivity (Wildman–Crippen MR) is 58.8 cm³/mol. The van der Waals surface area contributed by atoms with Crippen LogP contribution in [0, 0.1) is 24.1 Å². The molecular weight excluding hydrogens is 207 g/mol. The molecule has 2 nitrogen and oxygen atoms in total. The number of aryl methyl sites for hydroxylation is 1. The summed E-state index contributed by atoms with van der Waals surface area (Å²) in [6.45, 7) is 5.64. The molecule has 0 aromatic heterocycles. The van der Waals surface area contributed by atoms with Crippen LogP contribution in [0.15, 0.2) is 18.2 Å². The minimum absolute atomic E-state index is 0.0700. The number of hydrogen-bond donors (Lipinski definition) is 1. The molecule has 0 spiro atoms. The number of carboxylic acids is 1. The molecule has 1 aromatic carbocycles. The second-order valence-corrected chi connectivity index (χ2v) is 5.18. The highest BCUT2D eigenvalue weighted by Crippen LogP contribution is 2.64. The fraction of sp³-hybridized carbons (Fsp3) is 0.462. The van der Waals surface area contributed by atoms with Crippen LogP contribution in [0.2, 0.25) is 0 Å². The monoisotopic (exact) mass is 222 g/mol. The quantitative estimate of drug-likeness (QED) is 0.835. The molecule has 0 amide bonds. The van der Waals surface area contributed by atoms with Gasteiger partial charge in [0.25, 0.3) is 0 Å². The van der Waals surface area contributed by atoms with Crippen LogP contribution in [-0.4, -0.2) is 11.1 Å². The zero-order chi connectivity index (χ0) is 12.1. The molecule has 1 aromatic rings. The third kappa shape index (κ3) is 1.60. The molecule has 2 rings (SSSR count).